The number of hydrogen-bond acceptors (Lipinski definition) is 5. The summed E-state index contributed by atoms with van der Waals surface area (Å²) in [4.78, 5) is 12.1. The summed E-state index contributed by atoms with van der Waals surface area (Å²) in [6.07, 6.45) is 7.66. The Bertz CT molecular complexity index is 795. The van der Waals surface area contributed by atoms with Crippen molar-refractivity contribution in [3.8, 4) is 0 Å². The first-order chi connectivity index (χ1) is 11.3. The van der Waals surface area contributed by atoms with Gasteiger partial charge in [-0.1, -0.05) is 12.1 Å². The Hall–Kier alpha value is -2.21. The Balaban J connectivity index is 1.52. The number of fused-ring (bicyclic) bond motifs is 1. The third-order valence-corrected chi connectivity index (χ3v) is 4.54. The van der Waals surface area contributed by atoms with E-state index in [9.17, 15) is 0 Å². The molecule has 6 heteroatoms. The molecule has 0 aromatic carbocycles. The van der Waals surface area contributed by atoms with Crippen LogP contribution in [0.25, 0.3) is 11.0 Å². The van der Waals surface area contributed by atoms with Crippen molar-refractivity contribution in [2.24, 2.45) is 0 Å². The Kier molecular flexibility index (Phi) is 3.83. The Morgan fingerprint density at radius 1 is 1.39 bits per heavy atom. The number of hydrogen-bond donors (Lipinski definition) is 1. The maximum absolute atomic E-state index is 5.72. The van der Waals surface area contributed by atoms with Crippen molar-refractivity contribution >= 4 is 11.0 Å². The summed E-state index contributed by atoms with van der Waals surface area (Å²) in [5, 5.41) is 5.27. The van der Waals surface area contributed by atoms with Gasteiger partial charge in [0, 0.05) is 36.7 Å². The number of pyridine rings is 1. The van der Waals surface area contributed by atoms with Crippen LogP contribution in [0.3, 0.4) is 0 Å². The molecule has 2 atom stereocenters. The van der Waals surface area contributed by atoms with Crippen LogP contribution in [0.15, 0.2) is 29.0 Å². The molecule has 1 saturated heterocycles. The number of nitrogens with zero attached hydrogens (tertiary/aromatic N) is 3. The van der Waals surface area contributed by atoms with Crippen molar-refractivity contribution in [2.45, 2.75) is 44.6 Å². The molecule has 0 saturated carbocycles. The van der Waals surface area contributed by atoms with Crippen molar-refractivity contribution in [1.82, 2.24) is 20.1 Å². The highest BCUT2D eigenvalue weighted by molar-refractivity contribution is 5.79. The van der Waals surface area contributed by atoms with Crippen molar-refractivity contribution in [3.05, 3.63) is 41.8 Å². The van der Waals surface area contributed by atoms with E-state index in [1.807, 2.05) is 12.3 Å². The predicted molar refractivity (Wildman–Crippen MR) is 85.2 cm³/mol. The minimum atomic E-state index is 0.309. The lowest BCUT2D eigenvalue weighted by Crippen LogP contribution is -2.24. The number of H-pyrrole nitrogens is 1. The van der Waals surface area contributed by atoms with E-state index in [4.69, 9.17) is 9.26 Å². The van der Waals surface area contributed by atoms with Gasteiger partial charge in [-0.2, -0.15) is 4.98 Å². The molecule has 0 spiro atoms. The first-order valence-corrected chi connectivity index (χ1v) is 8.18. The number of ether oxygens (including phenoxy) is 1. The predicted octanol–water partition coefficient (Wildman–Crippen LogP) is 3.21. The van der Waals surface area contributed by atoms with Gasteiger partial charge in [-0.05, 0) is 37.0 Å². The zero-order chi connectivity index (χ0) is 15.6. The van der Waals surface area contributed by atoms with Crippen LogP contribution in [0.5, 0.6) is 0 Å². The smallest absolute Gasteiger partial charge is 0.229 e. The highest BCUT2D eigenvalue weighted by atomic mass is 16.5. The summed E-state index contributed by atoms with van der Waals surface area (Å²) in [6.45, 7) is 2.92. The molecule has 0 radical (unpaired) electrons. The van der Waals surface area contributed by atoms with E-state index in [0.717, 1.165) is 54.2 Å². The minimum Gasteiger partial charge on any atom is -0.378 e. The van der Waals surface area contributed by atoms with Gasteiger partial charge in [0.15, 0.2) is 5.82 Å². The topological polar surface area (TPSA) is 76.8 Å². The van der Waals surface area contributed by atoms with E-state index in [1.54, 1.807) is 6.20 Å². The molecule has 3 aromatic rings. The summed E-state index contributed by atoms with van der Waals surface area (Å²) in [7, 11) is 0. The number of rotatable bonds is 4. The second-order valence-electron chi connectivity index (χ2n) is 6.06. The van der Waals surface area contributed by atoms with Gasteiger partial charge in [-0.25, -0.2) is 4.98 Å². The van der Waals surface area contributed by atoms with Gasteiger partial charge in [-0.15, -0.1) is 0 Å². The maximum Gasteiger partial charge on any atom is 0.229 e. The summed E-state index contributed by atoms with van der Waals surface area (Å²) < 4.78 is 11.2. The van der Waals surface area contributed by atoms with Crippen LogP contribution in [0.4, 0.5) is 0 Å². The molecule has 120 valence electrons. The van der Waals surface area contributed by atoms with Crippen LogP contribution in [-0.4, -0.2) is 32.8 Å². The summed E-state index contributed by atoms with van der Waals surface area (Å²) in [5.41, 5.74) is 2.03. The monoisotopic (exact) mass is 312 g/mol. The van der Waals surface area contributed by atoms with E-state index in [-0.39, 0.29) is 0 Å². The maximum atomic E-state index is 5.72. The summed E-state index contributed by atoms with van der Waals surface area (Å²) in [6, 6.07) is 3.99. The molecule has 4 rings (SSSR count). The lowest BCUT2D eigenvalue weighted by Gasteiger charge is -2.26. The van der Waals surface area contributed by atoms with E-state index in [1.165, 1.54) is 0 Å². The zero-order valence-electron chi connectivity index (χ0n) is 13.2. The largest absolute Gasteiger partial charge is 0.378 e. The van der Waals surface area contributed by atoms with Crippen LogP contribution >= 0.6 is 0 Å². The Morgan fingerprint density at radius 3 is 3.26 bits per heavy atom. The second kappa shape index (κ2) is 6.12. The van der Waals surface area contributed by atoms with Crippen LogP contribution in [0.1, 0.15) is 49.4 Å². The fraction of sp³-hybridized carbons (Fsp3) is 0.471. The van der Waals surface area contributed by atoms with E-state index in [0.29, 0.717) is 18.4 Å². The molecule has 1 aliphatic rings. The van der Waals surface area contributed by atoms with Gasteiger partial charge in [0.1, 0.15) is 5.65 Å². The standard InChI is InChI=1S/C17H20N4O2/c1-2-13-8-11(5-7-22-13)17-20-15(21-23-17)9-12-10-19-16-14(12)4-3-6-18-16/h3-4,6,10-11,13H,2,5,7-9H2,1H3,(H,18,19)/t11-,13-/m0/s1. The molecule has 1 fully saturated rings. The Labute approximate surface area is 134 Å². The molecule has 23 heavy (non-hydrogen) atoms. The molecule has 0 bridgehead atoms. The van der Waals surface area contributed by atoms with Crippen molar-refractivity contribution in [1.29, 1.82) is 0 Å². The number of aromatic amines is 1. The van der Waals surface area contributed by atoms with Crippen molar-refractivity contribution < 1.29 is 9.26 Å². The average molecular weight is 312 g/mol. The van der Waals surface area contributed by atoms with E-state index in [2.05, 4.69) is 33.1 Å². The van der Waals surface area contributed by atoms with Gasteiger partial charge < -0.3 is 14.2 Å². The van der Waals surface area contributed by atoms with Gasteiger partial charge in [-0.3, -0.25) is 0 Å². The molecular weight excluding hydrogens is 292 g/mol. The van der Waals surface area contributed by atoms with Crippen LogP contribution in [0.2, 0.25) is 0 Å². The van der Waals surface area contributed by atoms with Crippen LogP contribution in [0, 0.1) is 0 Å². The lowest BCUT2D eigenvalue weighted by molar-refractivity contribution is 0.0000982. The second-order valence-corrected chi connectivity index (χ2v) is 6.06. The van der Waals surface area contributed by atoms with Crippen LogP contribution in [-0.2, 0) is 11.2 Å². The highest BCUT2D eigenvalue weighted by Gasteiger charge is 2.27. The zero-order valence-corrected chi connectivity index (χ0v) is 13.2. The quantitative estimate of drug-likeness (QED) is 0.800. The van der Waals surface area contributed by atoms with Crippen molar-refractivity contribution in [2.75, 3.05) is 6.61 Å². The number of aromatic nitrogens is 4. The Morgan fingerprint density at radius 2 is 2.35 bits per heavy atom. The van der Waals surface area contributed by atoms with E-state index < -0.39 is 0 Å². The van der Waals surface area contributed by atoms with Gasteiger partial charge in [0.2, 0.25) is 5.89 Å². The third kappa shape index (κ3) is 2.86. The molecule has 4 heterocycles. The molecule has 1 aliphatic heterocycles. The molecule has 0 aliphatic carbocycles. The van der Waals surface area contributed by atoms with E-state index >= 15 is 0 Å². The van der Waals surface area contributed by atoms with Crippen molar-refractivity contribution in [3.63, 3.8) is 0 Å². The highest BCUT2D eigenvalue weighted by Crippen LogP contribution is 2.30. The minimum absolute atomic E-state index is 0.309. The van der Waals surface area contributed by atoms with Gasteiger partial charge in [0.25, 0.3) is 0 Å². The normalized spacial score (nSPS) is 21.8. The molecule has 0 amide bonds. The fourth-order valence-electron chi connectivity index (χ4n) is 3.22. The average Bonchev–Trinajstić information content (AvgIpc) is 3.23. The fourth-order valence-corrected chi connectivity index (χ4v) is 3.22. The summed E-state index contributed by atoms with van der Waals surface area (Å²) in [5.74, 6) is 1.79. The lowest BCUT2D eigenvalue weighted by atomic mass is 9.94. The van der Waals surface area contributed by atoms with Gasteiger partial charge in [0.05, 0.1) is 6.10 Å². The molecule has 0 unspecified atom stereocenters. The summed E-state index contributed by atoms with van der Waals surface area (Å²) >= 11 is 0. The molecule has 1 N–H and O–H groups in total. The first-order valence-electron chi connectivity index (χ1n) is 8.18. The third-order valence-electron chi connectivity index (χ3n) is 4.54. The first kappa shape index (κ1) is 14.4. The van der Waals surface area contributed by atoms with Gasteiger partial charge >= 0.3 is 0 Å². The molecular formula is C17H20N4O2. The molecule has 3 aromatic heterocycles. The number of nitrogens with one attached hydrogen (secondary N) is 1. The SMILES string of the molecule is CC[C@H]1C[C@@H](c2nc(Cc3c[nH]c4ncccc34)no2)CCO1. The molecule has 6 nitrogen and oxygen atoms in total. The van der Waals surface area contributed by atoms with Crippen LogP contribution < -0.4 is 0 Å².